The number of hydrogen-bond acceptors (Lipinski definition) is 4. The molecule has 26 heavy (non-hydrogen) atoms. The van der Waals surface area contributed by atoms with Crippen molar-refractivity contribution >= 4 is 27.3 Å². The molecule has 1 aliphatic rings. The van der Waals surface area contributed by atoms with Gasteiger partial charge in [-0.3, -0.25) is 9.52 Å². The van der Waals surface area contributed by atoms with Crippen molar-refractivity contribution in [3.63, 3.8) is 0 Å². The lowest BCUT2D eigenvalue weighted by molar-refractivity contribution is 0.0919. The predicted molar refractivity (Wildman–Crippen MR) is 103 cm³/mol. The van der Waals surface area contributed by atoms with Crippen molar-refractivity contribution in [2.24, 2.45) is 0 Å². The van der Waals surface area contributed by atoms with Crippen molar-refractivity contribution in [1.29, 1.82) is 0 Å². The van der Waals surface area contributed by atoms with Crippen LogP contribution < -0.4 is 15.4 Å². The predicted octanol–water partition coefficient (Wildman–Crippen LogP) is 2.98. The molecule has 138 valence electrons. The molecule has 7 heteroatoms. The van der Waals surface area contributed by atoms with Crippen LogP contribution in [0.4, 0.5) is 11.4 Å². The molecule has 1 aliphatic heterocycles. The molecule has 6 nitrogen and oxygen atoms in total. The van der Waals surface area contributed by atoms with Gasteiger partial charge in [0.15, 0.2) is 0 Å². The highest BCUT2D eigenvalue weighted by Crippen LogP contribution is 2.26. The summed E-state index contributed by atoms with van der Waals surface area (Å²) < 4.78 is 27.7. The third kappa shape index (κ3) is 4.16. The average Bonchev–Trinajstić information content (AvgIpc) is 3.01. The van der Waals surface area contributed by atoms with E-state index in [0.29, 0.717) is 11.3 Å². The molecule has 0 fully saturated rings. The average molecular weight is 373 g/mol. The fourth-order valence-corrected chi connectivity index (χ4v) is 3.84. The van der Waals surface area contributed by atoms with Crippen molar-refractivity contribution in [2.45, 2.75) is 37.6 Å². The van der Waals surface area contributed by atoms with Gasteiger partial charge in [0.25, 0.3) is 15.9 Å². The molecule has 1 heterocycles. The monoisotopic (exact) mass is 373 g/mol. The first kappa shape index (κ1) is 18.3. The molecule has 0 radical (unpaired) electrons. The maximum absolute atomic E-state index is 12.6. The van der Waals surface area contributed by atoms with Crippen LogP contribution in [0.2, 0.25) is 0 Å². The smallest absolute Gasteiger partial charge is 0.261 e. The summed E-state index contributed by atoms with van der Waals surface area (Å²) in [5, 5.41) is 6.05. The quantitative estimate of drug-likeness (QED) is 0.769. The van der Waals surface area contributed by atoms with E-state index in [-0.39, 0.29) is 16.3 Å². The van der Waals surface area contributed by atoms with Crippen LogP contribution in [0.25, 0.3) is 0 Å². The summed E-state index contributed by atoms with van der Waals surface area (Å²) in [6.45, 7) is 6.53. The van der Waals surface area contributed by atoms with Gasteiger partial charge in [0.05, 0.1) is 4.90 Å². The second-order valence-corrected chi connectivity index (χ2v) is 9.07. The van der Waals surface area contributed by atoms with Crippen LogP contribution in [0.15, 0.2) is 47.4 Å². The van der Waals surface area contributed by atoms with E-state index in [4.69, 9.17) is 0 Å². The first-order valence-corrected chi connectivity index (χ1v) is 9.95. The summed E-state index contributed by atoms with van der Waals surface area (Å²) in [7, 11) is -3.69. The number of amides is 1. The van der Waals surface area contributed by atoms with Gasteiger partial charge in [-0.25, -0.2) is 8.42 Å². The first-order valence-electron chi connectivity index (χ1n) is 8.46. The number of anilines is 2. The molecule has 0 saturated carbocycles. The maximum atomic E-state index is 12.6. The highest BCUT2D eigenvalue weighted by Gasteiger charge is 2.19. The lowest BCUT2D eigenvalue weighted by Crippen LogP contribution is -2.40. The molecule has 1 amide bonds. The summed E-state index contributed by atoms with van der Waals surface area (Å²) in [6.07, 6.45) is 0.904. The Hall–Kier alpha value is -2.54. The summed E-state index contributed by atoms with van der Waals surface area (Å²) in [5.41, 5.74) is 2.54. The zero-order valence-corrected chi connectivity index (χ0v) is 15.9. The van der Waals surface area contributed by atoms with Crippen molar-refractivity contribution in [1.82, 2.24) is 5.32 Å². The van der Waals surface area contributed by atoms with Crippen molar-refractivity contribution in [3.8, 4) is 0 Å². The van der Waals surface area contributed by atoms with Gasteiger partial charge in [-0.15, -0.1) is 0 Å². The van der Waals surface area contributed by atoms with Gasteiger partial charge >= 0.3 is 0 Å². The van der Waals surface area contributed by atoms with Crippen LogP contribution in [0, 0.1) is 0 Å². The van der Waals surface area contributed by atoms with E-state index in [1.54, 1.807) is 36.4 Å². The minimum absolute atomic E-state index is 0.198. The Kier molecular flexibility index (Phi) is 4.66. The van der Waals surface area contributed by atoms with Gasteiger partial charge in [-0.2, -0.15) is 0 Å². The third-order valence-corrected chi connectivity index (χ3v) is 5.37. The van der Waals surface area contributed by atoms with Crippen LogP contribution in [0.3, 0.4) is 0 Å². The molecule has 0 bridgehead atoms. The van der Waals surface area contributed by atoms with Crippen LogP contribution >= 0.6 is 0 Å². The second kappa shape index (κ2) is 6.64. The van der Waals surface area contributed by atoms with Gasteiger partial charge in [-0.1, -0.05) is 6.07 Å². The lowest BCUT2D eigenvalue weighted by atomic mass is 10.1. The molecule has 2 aromatic rings. The number of hydrogen-bond donors (Lipinski definition) is 3. The standard InChI is InChI=1S/C19H23N3O3S/c1-19(2,3)21-18(23)14-4-7-15(8-5-14)22-26(24,25)16-9-6-13-10-11-20-17(13)12-16/h4-9,12,20,22H,10-11H2,1-3H3,(H,21,23). The van der Waals surface area contributed by atoms with Crippen LogP contribution in [-0.2, 0) is 16.4 Å². The zero-order chi connectivity index (χ0) is 18.9. The van der Waals surface area contributed by atoms with Crippen LogP contribution in [0.1, 0.15) is 36.7 Å². The largest absolute Gasteiger partial charge is 0.384 e. The van der Waals surface area contributed by atoms with E-state index in [1.807, 2.05) is 26.8 Å². The lowest BCUT2D eigenvalue weighted by Gasteiger charge is -2.20. The van der Waals surface area contributed by atoms with Gasteiger partial charge in [0, 0.05) is 29.0 Å². The van der Waals surface area contributed by atoms with Crippen LogP contribution in [0.5, 0.6) is 0 Å². The van der Waals surface area contributed by atoms with Gasteiger partial charge in [0.1, 0.15) is 0 Å². The van der Waals surface area contributed by atoms with E-state index in [2.05, 4.69) is 15.4 Å². The summed E-state index contributed by atoms with van der Waals surface area (Å²) in [5.74, 6) is -0.198. The molecule has 3 rings (SSSR count). The topological polar surface area (TPSA) is 87.3 Å². The Balaban J connectivity index is 1.75. The molecule has 0 atom stereocenters. The van der Waals surface area contributed by atoms with E-state index in [9.17, 15) is 13.2 Å². The number of rotatable bonds is 4. The number of sulfonamides is 1. The van der Waals surface area contributed by atoms with Gasteiger partial charge in [-0.05, 0) is 69.2 Å². The third-order valence-electron chi connectivity index (χ3n) is 3.99. The van der Waals surface area contributed by atoms with Crippen molar-refractivity contribution in [2.75, 3.05) is 16.6 Å². The Labute approximate surface area is 154 Å². The summed E-state index contributed by atoms with van der Waals surface area (Å²) in [6, 6.07) is 11.5. The van der Waals surface area contributed by atoms with E-state index in [0.717, 1.165) is 24.2 Å². The molecular weight excluding hydrogens is 350 g/mol. The van der Waals surface area contributed by atoms with Crippen molar-refractivity contribution < 1.29 is 13.2 Å². The minimum Gasteiger partial charge on any atom is -0.384 e. The van der Waals surface area contributed by atoms with Crippen molar-refractivity contribution in [3.05, 3.63) is 53.6 Å². The normalized spacial score (nSPS) is 13.7. The number of fused-ring (bicyclic) bond motifs is 1. The molecule has 0 saturated heterocycles. The fraction of sp³-hybridized carbons (Fsp3) is 0.316. The van der Waals surface area contributed by atoms with E-state index < -0.39 is 10.0 Å². The molecule has 0 aliphatic carbocycles. The summed E-state index contributed by atoms with van der Waals surface area (Å²) >= 11 is 0. The first-order chi connectivity index (χ1) is 12.1. The summed E-state index contributed by atoms with van der Waals surface area (Å²) in [4.78, 5) is 12.3. The molecular formula is C19H23N3O3S. The number of nitrogens with one attached hydrogen (secondary N) is 3. The van der Waals surface area contributed by atoms with E-state index in [1.165, 1.54) is 0 Å². The zero-order valence-electron chi connectivity index (χ0n) is 15.1. The number of benzene rings is 2. The highest BCUT2D eigenvalue weighted by molar-refractivity contribution is 7.92. The molecule has 2 aromatic carbocycles. The van der Waals surface area contributed by atoms with Crippen LogP contribution in [-0.4, -0.2) is 26.4 Å². The Bertz CT molecular complexity index is 929. The minimum atomic E-state index is -3.69. The highest BCUT2D eigenvalue weighted by atomic mass is 32.2. The van der Waals surface area contributed by atoms with Gasteiger partial charge in [0.2, 0.25) is 0 Å². The maximum Gasteiger partial charge on any atom is 0.261 e. The van der Waals surface area contributed by atoms with Gasteiger partial charge < -0.3 is 10.6 Å². The molecule has 0 aromatic heterocycles. The fourth-order valence-electron chi connectivity index (χ4n) is 2.75. The molecule has 3 N–H and O–H groups in total. The Morgan fingerprint density at radius 3 is 2.42 bits per heavy atom. The number of carbonyl (C=O) groups excluding carboxylic acids is 1. The van der Waals surface area contributed by atoms with E-state index >= 15 is 0 Å². The second-order valence-electron chi connectivity index (χ2n) is 7.38. The Morgan fingerprint density at radius 2 is 1.77 bits per heavy atom. The molecule has 0 unspecified atom stereocenters. The Morgan fingerprint density at radius 1 is 1.08 bits per heavy atom. The number of carbonyl (C=O) groups is 1. The SMILES string of the molecule is CC(C)(C)NC(=O)c1ccc(NS(=O)(=O)c2ccc3c(c2)NCC3)cc1. The molecule has 0 spiro atoms.